The van der Waals surface area contributed by atoms with Crippen molar-refractivity contribution in [3.63, 3.8) is 0 Å². The van der Waals surface area contributed by atoms with Crippen molar-refractivity contribution in [3.8, 4) is 17.6 Å². The van der Waals surface area contributed by atoms with Crippen LogP contribution in [0.3, 0.4) is 0 Å². The quantitative estimate of drug-likeness (QED) is 0.618. The first-order valence-corrected chi connectivity index (χ1v) is 14.5. The maximum absolute atomic E-state index is 13.7. The number of aliphatic hydroxyl groups excluding tert-OH is 1. The van der Waals surface area contributed by atoms with Crippen LogP contribution >= 0.6 is 0 Å². The zero-order valence-corrected chi connectivity index (χ0v) is 22.5. The first-order valence-electron chi connectivity index (χ1n) is 14.5. The van der Waals surface area contributed by atoms with Crippen molar-refractivity contribution in [2.45, 2.75) is 75.7 Å². The van der Waals surface area contributed by atoms with Gasteiger partial charge in [-0.1, -0.05) is 50.1 Å². The lowest BCUT2D eigenvalue weighted by molar-refractivity contribution is -0.137. The summed E-state index contributed by atoms with van der Waals surface area (Å²) in [6.07, 6.45) is 4.97. The normalized spacial score (nSPS) is 34.1. The molecule has 5 nitrogen and oxygen atoms in total. The number of hydrogen-bond acceptors (Lipinski definition) is 4. The molecule has 7 rings (SSSR count). The minimum absolute atomic E-state index is 0.0158. The van der Waals surface area contributed by atoms with E-state index in [0.29, 0.717) is 30.3 Å². The third kappa shape index (κ3) is 3.80. The van der Waals surface area contributed by atoms with Crippen LogP contribution in [0.25, 0.3) is 0 Å². The van der Waals surface area contributed by atoms with Gasteiger partial charge in [-0.3, -0.25) is 9.69 Å². The van der Waals surface area contributed by atoms with Gasteiger partial charge < -0.3 is 14.7 Å². The molecule has 5 heteroatoms. The van der Waals surface area contributed by atoms with Gasteiger partial charge in [0.15, 0.2) is 0 Å². The Labute approximate surface area is 226 Å². The molecule has 1 saturated heterocycles. The second-order valence-electron chi connectivity index (χ2n) is 12.7. The molecule has 3 aliphatic carbocycles. The fraction of sp³-hybridized carbons (Fsp3) is 0.545. The highest BCUT2D eigenvalue weighted by molar-refractivity contribution is 5.94. The Morgan fingerprint density at radius 1 is 1.18 bits per heavy atom. The Hall–Kier alpha value is -2.81. The van der Waals surface area contributed by atoms with E-state index in [2.05, 4.69) is 53.7 Å². The number of hydrogen-bond donors (Lipinski definition) is 1. The van der Waals surface area contributed by atoms with E-state index in [9.17, 15) is 9.90 Å². The molecular formula is C33H38N2O3. The highest BCUT2D eigenvalue weighted by atomic mass is 16.5. The Morgan fingerprint density at radius 3 is 2.76 bits per heavy atom. The van der Waals surface area contributed by atoms with Gasteiger partial charge in [0.05, 0.1) is 12.1 Å². The van der Waals surface area contributed by atoms with E-state index in [4.69, 9.17) is 4.74 Å². The largest absolute Gasteiger partial charge is 0.487 e. The van der Waals surface area contributed by atoms with Crippen molar-refractivity contribution in [1.82, 2.24) is 9.80 Å². The smallest absolute Gasteiger partial charge is 0.299 e. The van der Waals surface area contributed by atoms with Crippen molar-refractivity contribution in [2.24, 2.45) is 17.8 Å². The van der Waals surface area contributed by atoms with Crippen LogP contribution in [0.1, 0.15) is 56.2 Å². The summed E-state index contributed by atoms with van der Waals surface area (Å²) in [5.74, 6) is 8.35. The number of ether oxygens (including phenoxy) is 1. The van der Waals surface area contributed by atoms with E-state index >= 15 is 0 Å². The van der Waals surface area contributed by atoms with Gasteiger partial charge in [0.1, 0.15) is 11.9 Å². The van der Waals surface area contributed by atoms with Crippen molar-refractivity contribution < 1.29 is 14.6 Å². The minimum Gasteiger partial charge on any atom is -0.487 e. The van der Waals surface area contributed by atoms with Gasteiger partial charge in [0.25, 0.3) is 5.91 Å². The Balaban J connectivity index is 1.24. The molecule has 38 heavy (non-hydrogen) atoms. The van der Waals surface area contributed by atoms with E-state index < -0.39 is 0 Å². The Kier molecular flexibility index (Phi) is 5.83. The SMILES string of the molecule is CC(C)CN(C(=O)C#Cc1ccccc1)[C@@H]1CC[C@H]2[C@H]3Cc4cccc5c4[C@@]2(CCN3CC2CC2O)[C@H]1O5. The summed E-state index contributed by atoms with van der Waals surface area (Å²) in [4.78, 5) is 18.5. The van der Waals surface area contributed by atoms with Crippen LogP contribution in [0, 0.1) is 29.6 Å². The molecule has 7 atom stereocenters. The lowest BCUT2D eigenvalue weighted by Crippen LogP contribution is -2.69. The summed E-state index contributed by atoms with van der Waals surface area (Å²) >= 11 is 0. The average molecular weight is 511 g/mol. The van der Waals surface area contributed by atoms with Gasteiger partial charge in [-0.15, -0.1) is 0 Å². The number of aliphatic hydroxyl groups is 1. The summed E-state index contributed by atoms with van der Waals surface area (Å²) in [6, 6.07) is 16.9. The molecule has 3 fully saturated rings. The first kappa shape index (κ1) is 24.2. The molecule has 5 aliphatic rings. The fourth-order valence-corrected chi connectivity index (χ4v) is 8.33. The van der Waals surface area contributed by atoms with Crippen LogP contribution < -0.4 is 4.74 Å². The molecule has 0 aromatic heterocycles. The summed E-state index contributed by atoms with van der Waals surface area (Å²) in [6.45, 7) is 7.09. The van der Waals surface area contributed by atoms with E-state index in [1.165, 1.54) is 11.1 Å². The van der Waals surface area contributed by atoms with Crippen LogP contribution in [-0.2, 0) is 16.6 Å². The standard InChI is InChI=1S/C33H38N2O3/c1-21(2)19-35(30(37)14-11-22-7-4-3-5-8-22)26-13-12-25-27-17-23-9-6-10-29-31(23)33(25,32(26)38-29)15-16-34(27)20-24-18-28(24)36/h3-10,21,24-28,32,36H,12-13,15-20H2,1-2H3/t24?,25-,26+,27+,28?,32-,33-/m0/s1. The second-order valence-corrected chi connectivity index (χ2v) is 12.7. The Morgan fingerprint density at radius 2 is 2.00 bits per heavy atom. The summed E-state index contributed by atoms with van der Waals surface area (Å²) in [5.41, 5.74) is 3.69. The molecular weight excluding hydrogens is 472 g/mol. The van der Waals surface area contributed by atoms with Crippen LogP contribution in [-0.4, -0.2) is 64.7 Å². The highest BCUT2D eigenvalue weighted by Gasteiger charge is 2.66. The molecule has 1 amide bonds. The van der Waals surface area contributed by atoms with Crippen LogP contribution in [0.15, 0.2) is 48.5 Å². The number of carbonyl (C=O) groups excluding carboxylic acids is 1. The highest BCUT2D eigenvalue weighted by Crippen LogP contribution is 2.62. The third-order valence-electron chi connectivity index (χ3n) is 9.96. The van der Waals surface area contributed by atoms with Gasteiger partial charge in [-0.2, -0.15) is 0 Å². The average Bonchev–Trinajstić information content (AvgIpc) is 3.50. The fourth-order valence-electron chi connectivity index (χ4n) is 8.33. The monoisotopic (exact) mass is 510 g/mol. The second kappa shape index (κ2) is 9.14. The van der Waals surface area contributed by atoms with Gasteiger partial charge in [0, 0.05) is 47.5 Å². The molecule has 2 aromatic carbocycles. The van der Waals surface area contributed by atoms with E-state index in [0.717, 1.165) is 56.5 Å². The lowest BCUT2D eigenvalue weighted by atomic mass is 9.51. The molecule has 2 unspecified atom stereocenters. The zero-order valence-electron chi connectivity index (χ0n) is 22.5. The van der Waals surface area contributed by atoms with Crippen molar-refractivity contribution in [1.29, 1.82) is 0 Å². The molecule has 0 radical (unpaired) electrons. The molecule has 1 N–H and O–H groups in total. The molecule has 2 saturated carbocycles. The van der Waals surface area contributed by atoms with E-state index in [-0.39, 0.29) is 29.6 Å². The number of nitrogens with zero attached hydrogens (tertiary/aromatic N) is 2. The third-order valence-corrected chi connectivity index (χ3v) is 9.96. The van der Waals surface area contributed by atoms with E-state index in [1.54, 1.807) is 0 Å². The summed E-state index contributed by atoms with van der Waals surface area (Å²) < 4.78 is 6.91. The predicted molar refractivity (Wildman–Crippen MR) is 147 cm³/mol. The molecule has 2 bridgehead atoms. The van der Waals surface area contributed by atoms with E-state index in [1.807, 2.05) is 30.3 Å². The van der Waals surface area contributed by atoms with Crippen LogP contribution in [0.5, 0.6) is 5.75 Å². The number of benzene rings is 2. The molecule has 198 valence electrons. The van der Waals surface area contributed by atoms with Gasteiger partial charge >= 0.3 is 0 Å². The maximum atomic E-state index is 13.7. The number of rotatable bonds is 5. The topological polar surface area (TPSA) is 53.0 Å². The van der Waals surface area contributed by atoms with Crippen LogP contribution in [0.4, 0.5) is 0 Å². The van der Waals surface area contributed by atoms with Crippen molar-refractivity contribution in [2.75, 3.05) is 19.6 Å². The molecule has 1 spiro atoms. The lowest BCUT2D eigenvalue weighted by Gasteiger charge is -2.60. The van der Waals surface area contributed by atoms with Gasteiger partial charge in [0.2, 0.25) is 0 Å². The minimum atomic E-state index is -0.112. The Bertz CT molecular complexity index is 1300. The molecule has 2 aliphatic heterocycles. The maximum Gasteiger partial charge on any atom is 0.299 e. The summed E-state index contributed by atoms with van der Waals surface area (Å²) in [5, 5.41) is 10.1. The first-order chi connectivity index (χ1) is 18.5. The number of amides is 1. The molecule has 2 aromatic rings. The zero-order chi connectivity index (χ0) is 26.0. The van der Waals surface area contributed by atoms with Gasteiger partial charge in [-0.05, 0) is 74.2 Å². The summed E-state index contributed by atoms with van der Waals surface area (Å²) in [7, 11) is 0. The van der Waals surface area contributed by atoms with Crippen molar-refractivity contribution in [3.05, 3.63) is 65.2 Å². The number of likely N-dealkylation sites (tertiary alicyclic amines) is 1. The molecule has 2 heterocycles. The number of piperidine rings is 1. The van der Waals surface area contributed by atoms with Crippen LogP contribution in [0.2, 0.25) is 0 Å². The van der Waals surface area contributed by atoms with Gasteiger partial charge in [-0.25, -0.2) is 0 Å². The number of carbonyl (C=O) groups is 1. The van der Waals surface area contributed by atoms with Crippen molar-refractivity contribution >= 4 is 5.91 Å². The predicted octanol–water partition coefficient (Wildman–Crippen LogP) is 4.01.